The number of sulfone groups is 1. The lowest BCUT2D eigenvalue weighted by atomic mass is 10.0. The van der Waals surface area contributed by atoms with Crippen LogP contribution in [-0.2, 0) is 16.0 Å². The number of halogens is 4. The third-order valence-electron chi connectivity index (χ3n) is 5.32. The summed E-state index contributed by atoms with van der Waals surface area (Å²) in [5, 5.41) is 12.6. The zero-order chi connectivity index (χ0) is 26.1. The fourth-order valence-corrected chi connectivity index (χ4v) is 5.15. The third-order valence-corrected chi connectivity index (χ3v) is 7.43. The molecule has 0 aliphatic rings. The smallest absolute Gasteiger partial charge is 0.416 e. The van der Waals surface area contributed by atoms with Gasteiger partial charge in [0, 0.05) is 21.8 Å². The molecule has 0 bridgehead atoms. The molecule has 1 amide bonds. The Balaban J connectivity index is 1.55. The lowest BCUT2D eigenvalue weighted by Crippen LogP contribution is -2.12. The molecule has 0 atom stereocenters. The van der Waals surface area contributed by atoms with Crippen LogP contribution in [0.4, 0.5) is 18.9 Å². The van der Waals surface area contributed by atoms with Crippen molar-refractivity contribution in [1.82, 2.24) is 0 Å². The quantitative estimate of drug-likeness (QED) is 0.277. The van der Waals surface area contributed by atoms with Crippen LogP contribution in [0.2, 0.25) is 5.02 Å². The summed E-state index contributed by atoms with van der Waals surface area (Å²) in [6, 6.07) is 20.2. The Morgan fingerprint density at radius 1 is 0.861 bits per heavy atom. The first kappa shape index (κ1) is 25.3. The predicted octanol–water partition coefficient (Wildman–Crippen LogP) is 6.82. The standard InChI is InChI=1S/C26H17ClF3NO4S/c27-22-14-18(26(28,29)30)10-12-21(22)16-6-8-17(9-7-16)25(33)31-19-11-13-23(32)24(15-19)36(34,35)20-4-2-1-3-5-20/h1-15,32H,(H,31,33). The monoisotopic (exact) mass is 531 g/mol. The number of amides is 1. The number of phenolic OH excluding ortho intramolecular Hbond substituents is 1. The minimum Gasteiger partial charge on any atom is -0.507 e. The van der Waals surface area contributed by atoms with E-state index < -0.39 is 33.2 Å². The van der Waals surface area contributed by atoms with Gasteiger partial charge in [0.2, 0.25) is 9.84 Å². The molecule has 5 nitrogen and oxygen atoms in total. The van der Waals surface area contributed by atoms with Gasteiger partial charge in [0.1, 0.15) is 10.6 Å². The number of aromatic hydroxyl groups is 1. The maximum atomic E-state index is 12.9. The first-order valence-corrected chi connectivity index (χ1v) is 12.2. The van der Waals surface area contributed by atoms with Crippen molar-refractivity contribution in [2.45, 2.75) is 16.0 Å². The maximum Gasteiger partial charge on any atom is 0.416 e. The Labute approximate surface area is 209 Å². The average molecular weight is 532 g/mol. The summed E-state index contributed by atoms with van der Waals surface area (Å²) in [4.78, 5) is 12.4. The van der Waals surface area contributed by atoms with Gasteiger partial charge in [-0.15, -0.1) is 0 Å². The second-order valence-corrected chi connectivity index (χ2v) is 10.0. The second-order valence-electron chi connectivity index (χ2n) is 7.72. The number of hydrogen-bond acceptors (Lipinski definition) is 4. The van der Waals surface area contributed by atoms with Crippen LogP contribution < -0.4 is 5.32 Å². The summed E-state index contributed by atoms with van der Waals surface area (Å²) in [6.45, 7) is 0. The van der Waals surface area contributed by atoms with E-state index in [1.165, 1.54) is 54.6 Å². The molecule has 0 aliphatic carbocycles. The lowest BCUT2D eigenvalue weighted by Gasteiger charge is -2.12. The van der Waals surface area contributed by atoms with E-state index in [2.05, 4.69) is 5.32 Å². The maximum absolute atomic E-state index is 12.9. The van der Waals surface area contributed by atoms with Crippen LogP contribution in [0.15, 0.2) is 101 Å². The lowest BCUT2D eigenvalue weighted by molar-refractivity contribution is -0.137. The number of rotatable bonds is 5. The molecule has 0 radical (unpaired) electrons. The number of carbonyl (C=O) groups excluding carboxylic acids is 1. The second kappa shape index (κ2) is 9.67. The third kappa shape index (κ3) is 5.22. The molecule has 0 unspecified atom stereocenters. The number of nitrogens with one attached hydrogen (secondary N) is 1. The van der Waals surface area contributed by atoms with Crippen molar-refractivity contribution in [2.24, 2.45) is 0 Å². The van der Waals surface area contributed by atoms with Crippen LogP contribution in [0.1, 0.15) is 15.9 Å². The molecule has 10 heteroatoms. The molecule has 184 valence electrons. The largest absolute Gasteiger partial charge is 0.507 e. The molecule has 0 spiro atoms. The first-order chi connectivity index (χ1) is 17.0. The highest BCUT2D eigenvalue weighted by Crippen LogP contribution is 2.36. The van der Waals surface area contributed by atoms with Gasteiger partial charge in [-0.25, -0.2) is 8.42 Å². The molecule has 0 aliphatic heterocycles. The summed E-state index contributed by atoms with van der Waals surface area (Å²) < 4.78 is 64.4. The van der Waals surface area contributed by atoms with Gasteiger partial charge in [0.15, 0.2) is 0 Å². The van der Waals surface area contributed by atoms with Gasteiger partial charge in [-0.1, -0.05) is 48.0 Å². The van der Waals surface area contributed by atoms with Gasteiger partial charge in [0.25, 0.3) is 5.91 Å². The predicted molar refractivity (Wildman–Crippen MR) is 130 cm³/mol. The van der Waals surface area contributed by atoms with Gasteiger partial charge >= 0.3 is 6.18 Å². The number of hydrogen-bond donors (Lipinski definition) is 2. The highest BCUT2D eigenvalue weighted by atomic mass is 35.5. The van der Waals surface area contributed by atoms with Gasteiger partial charge in [-0.3, -0.25) is 4.79 Å². The summed E-state index contributed by atoms with van der Waals surface area (Å²) in [7, 11) is -4.03. The van der Waals surface area contributed by atoms with E-state index >= 15 is 0 Å². The van der Waals surface area contributed by atoms with Gasteiger partial charge in [-0.2, -0.15) is 13.2 Å². The fraction of sp³-hybridized carbons (Fsp3) is 0.0385. The van der Waals surface area contributed by atoms with Gasteiger partial charge in [-0.05, 0) is 60.2 Å². The zero-order valence-electron chi connectivity index (χ0n) is 18.3. The summed E-state index contributed by atoms with van der Waals surface area (Å²) in [5.41, 5.74) is 0.358. The first-order valence-electron chi connectivity index (χ1n) is 10.4. The van der Waals surface area contributed by atoms with E-state index in [0.29, 0.717) is 11.1 Å². The van der Waals surface area contributed by atoms with Crippen molar-refractivity contribution in [3.63, 3.8) is 0 Å². The number of anilines is 1. The Morgan fingerprint density at radius 2 is 1.53 bits per heavy atom. The van der Waals surface area contributed by atoms with E-state index in [-0.39, 0.29) is 26.1 Å². The molecule has 0 saturated heterocycles. The van der Waals surface area contributed by atoms with E-state index in [9.17, 15) is 31.5 Å². The minimum atomic E-state index is -4.52. The van der Waals surface area contributed by atoms with Crippen LogP contribution in [0.3, 0.4) is 0 Å². The van der Waals surface area contributed by atoms with E-state index in [0.717, 1.165) is 18.2 Å². The van der Waals surface area contributed by atoms with E-state index in [1.807, 2.05) is 0 Å². The number of alkyl halides is 3. The van der Waals surface area contributed by atoms with Crippen molar-refractivity contribution in [2.75, 3.05) is 5.32 Å². The van der Waals surface area contributed by atoms with E-state index in [1.54, 1.807) is 18.2 Å². The van der Waals surface area contributed by atoms with Crippen molar-refractivity contribution >= 4 is 33.0 Å². The molecule has 0 aromatic heterocycles. The Hall–Kier alpha value is -3.82. The summed E-state index contributed by atoms with van der Waals surface area (Å²) >= 11 is 6.04. The highest BCUT2D eigenvalue weighted by molar-refractivity contribution is 7.91. The summed E-state index contributed by atoms with van der Waals surface area (Å²) in [5.74, 6) is -1.02. The highest BCUT2D eigenvalue weighted by Gasteiger charge is 2.31. The molecule has 36 heavy (non-hydrogen) atoms. The normalized spacial score (nSPS) is 11.8. The molecule has 2 N–H and O–H groups in total. The fourth-order valence-electron chi connectivity index (χ4n) is 3.46. The molecule has 0 heterocycles. The molecule has 0 fully saturated rings. The Bertz CT molecular complexity index is 1540. The van der Waals surface area contributed by atoms with Crippen molar-refractivity contribution in [1.29, 1.82) is 0 Å². The van der Waals surface area contributed by atoms with Crippen LogP contribution in [0.5, 0.6) is 5.75 Å². The molecular weight excluding hydrogens is 515 g/mol. The van der Waals surface area contributed by atoms with Crippen LogP contribution >= 0.6 is 11.6 Å². The van der Waals surface area contributed by atoms with Gasteiger partial charge < -0.3 is 10.4 Å². The number of benzene rings is 4. The number of phenols is 1. The molecule has 4 rings (SSSR count). The average Bonchev–Trinajstić information content (AvgIpc) is 2.85. The molecule has 4 aromatic carbocycles. The van der Waals surface area contributed by atoms with Crippen molar-refractivity contribution in [3.8, 4) is 16.9 Å². The molecule has 0 saturated carbocycles. The van der Waals surface area contributed by atoms with E-state index in [4.69, 9.17) is 11.6 Å². The topological polar surface area (TPSA) is 83.5 Å². The SMILES string of the molecule is O=C(Nc1ccc(O)c(S(=O)(=O)c2ccccc2)c1)c1ccc(-c2ccc(C(F)(F)F)cc2Cl)cc1. The van der Waals surface area contributed by atoms with Crippen LogP contribution in [0.25, 0.3) is 11.1 Å². The minimum absolute atomic E-state index is 0.0127. The van der Waals surface area contributed by atoms with Crippen molar-refractivity contribution in [3.05, 3.63) is 107 Å². The van der Waals surface area contributed by atoms with Crippen molar-refractivity contribution < 1.29 is 31.5 Å². The molecule has 4 aromatic rings. The summed E-state index contributed by atoms with van der Waals surface area (Å²) in [6.07, 6.45) is -4.52. The van der Waals surface area contributed by atoms with Crippen LogP contribution in [-0.4, -0.2) is 19.4 Å². The Morgan fingerprint density at radius 3 is 2.14 bits per heavy atom. The Kier molecular flexibility index (Phi) is 6.79. The van der Waals surface area contributed by atoms with Gasteiger partial charge in [0.05, 0.1) is 10.5 Å². The molecular formula is C26H17ClF3NO4S. The number of carbonyl (C=O) groups is 1. The zero-order valence-corrected chi connectivity index (χ0v) is 19.8. The van der Waals surface area contributed by atoms with Crippen LogP contribution in [0, 0.1) is 0 Å².